The number of nitrogens with two attached hydrogens (primary N) is 1. The predicted octanol–water partition coefficient (Wildman–Crippen LogP) is 3.62. The summed E-state index contributed by atoms with van der Waals surface area (Å²) in [5, 5.41) is 0.769. The van der Waals surface area contributed by atoms with Crippen LogP contribution in [0.3, 0.4) is 0 Å². The third-order valence-corrected chi connectivity index (χ3v) is 3.91. The molecule has 1 unspecified atom stereocenters. The molecule has 4 heteroatoms. The van der Waals surface area contributed by atoms with Gasteiger partial charge in [-0.3, -0.25) is 11.3 Å². The van der Waals surface area contributed by atoms with Gasteiger partial charge in [0.05, 0.1) is 0 Å². The molecule has 0 amide bonds. The van der Waals surface area contributed by atoms with Crippen molar-refractivity contribution >= 4 is 23.4 Å². The Morgan fingerprint density at radius 1 is 1.59 bits per heavy atom. The Hall–Kier alpha value is -0.480. The van der Waals surface area contributed by atoms with Crippen LogP contribution in [0.1, 0.15) is 19.8 Å². The normalized spacial score (nSPS) is 12.4. The van der Waals surface area contributed by atoms with Crippen molar-refractivity contribution in [3.63, 3.8) is 0 Å². The van der Waals surface area contributed by atoms with Crippen molar-refractivity contribution in [2.75, 3.05) is 5.75 Å². The number of rotatable bonds is 7. The van der Waals surface area contributed by atoms with E-state index in [1.807, 2.05) is 18.2 Å². The number of halogens is 1. The summed E-state index contributed by atoms with van der Waals surface area (Å²) in [6.07, 6.45) is 1.92. The fraction of sp³-hybridized carbons (Fsp3) is 0.385. The van der Waals surface area contributed by atoms with Crippen molar-refractivity contribution < 1.29 is 0 Å². The van der Waals surface area contributed by atoms with Crippen LogP contribution in [0.4, 0.5) is 0 Å². The van der Waals surface area contributed by atoms with Gasteiger partial charge in [0.25, 0.3) is 0 Å². The van der Waals surface area contributed by atoms with Gasteiger partial charge < -0.3 is 0 Å². The van der Waals surface area contributed by atoms with Crippen LogP contribution in [-0.4, -0.2) is 11.8 Å². The highest BCUT2D eigenvalue weighted by Gasteiger charge is 2.08. The molecule has 1 rings (SSSR count). The maximum atomic E-state index is 5.93. The fourth-order valence-corrected chi connectivity index (χ4v) is 2.66. The van der Waals surface area contributed by atoms with Crippen molar-refractivity contribution in [3.8, 4) is 0 Å². The minimum Gasteiger partial charge on any atom is -0.271 e. The molecule has 0 saturated heterocycles. The highest BCUT2D eigenvalue weighted by Crippen LogP contribution is 2.23. The van der Waals surface area contributed by atoms with Gasteiger partial charge in [-0.05, 0) is 31.0 Å². The maximum Gasteiger partial charge on any atom is 0.0417 e. The molecule has 2 nitrogen and oxygen atoms in total. The Morgan fingerprint density at radius 3 is 2.94 bits per heavy atom. The Labute approximate surface area is 113 Å². The van der Waals surface area contributed by atoms with Crippen molar-refractivity contribution in [2.45, 2.75) is 30.7 Å². The fourth-order valence-electron chi connectivity index (χ4n) is 1.41. The molecule has 1 aromatic carbocycles. The van der Waals surface area contributed by atoms with E-state index in [4.69, 9.17) is 17.4 Å². The summed E-state index contributed by atoms with van der Waals surface area (Å²) in [6.45, 7) is 6.12. The summed E-state index contributed by atoms with van der Waals surface area (Å²) in [7, 11) is 0. The van der Waals surface area contributed by atoms with Crippen LogP contribution in [0.15, 0.2) is 41.3 Å². The molecule has 0 aliphatic carbocycles. The van der Waals surface area contributed by atoms with Crippen LogP contribution < -0.4 is 11.3 Å². The van der Waals surface area contributed by atoms with E-state index in [2.05, 4.69) is 25.0 Å². The molecule has 0 spiro atoms. The van der Waals surface area contributed by atoms with E-state index in [0.29, 0.717) is 0 Å². The van der Waals surface area contributed by atoms with Crippen LogP contribution in [0.5, 0.6) is 0 Å². The molecule has 17 heavy (non-hydrogen) atoms. The van der Waals surface area contributed by atoms with Gasteiger partial charge in [0.15, 0.2) is 0 Å². The van der Waals surface area contributed by atoms with E-state index < -0.39 is 0 Å². The zero-order chi connectivity index (χ0) is 12.7. The summed E-state index contributed by atoms with van der Waals surface area (Å²) in [5.74, 6) is 6.45. The molecule has 0 aromatic heterocycles. The first-order valence-corrected chi connectivity index (χ1v) is 7.03. The molecular formula is C13H19ClN2S. The molecule has 1 aromatic rings. The first kappa shape index (κ1) is 14.6. The van der Waals surface area contributed by atoms with E-state index in [9.17, 15) is 0 Å². The van der Waals surface area contributed by atoms with Crippen LogP contribution in [-0.2, 0) is 0 Å². The molecule has 0 radical (unpaired) electrons. The molecule has 0 bridgehead atoms. The lowest BCUT2D eigenvalue weighted by Gasteiger charge is -2.16. The van der Waals surface area contributed by atoms with Crippen molar-refractivity contribution in [1.29, 1.82) is 0 Å². The molecule has 94 valence electrons. The van der Waals surface area contributed by atoms with Crippen LogP contribution >= 0.6 is 23.4 Å². The van der Waals surface area contributed by atoms with E-state index in [1.165, 1.54) is 10.5 Å². The molecule has 0 aliphatic heterocycles. The number of hydrazine groups is 1. The Morgan fingerprint density at radius 2 is 2.35 bits per heavy atom. The van der Waals surface area contributed by atoms with E-state index in [1.54, 1.807) is 11.8 Å². The molecule has 0 heterocycles. The average molecular weight is 271 g/mol. The Balaban J connectivity index is 2.44. The van der Waals surface area contributed by atoms with Gasteiger partial charge in [0.1, 0.15) is 0 Å². The van der Waals surface area contributed by atoms with Gasteiger partial charge in [-0.1, -0.05) is 36.7 Å². The zero-order valence-corrected chi connectivity index (χ0v) is 11.7. The van der Waals surface area contributed by atoms with Crippen LogP contribution in [0.2, 0.25) is 5.02 Å². The summed E-state index contributed by atoms with van der Waals surface area (Å²) in [5.41, 5.74) is 4.06. The highest BCUT2D eigenvalue weighted by atomic mass is 35.5. The summed E-state index contributed by atoms with van der Waals surface area (Å²) < 4.78 is 0. The zero-order valence-electron chi connectivity index (χ0n) is 10.1. The summed E-state index contributed by atoms with van der Waals surface area (Å²) in [4.78, 5) is 1.17. The average Bonchev–Trinajstić information content (AvgIpc) is 2.34. The van der Waals surface area contributed by atoms with Gasteiger partial charge in [0.2, 0.25) is 0 Å². The topological polar surface area (TPSA) is 38.0 Å². The first-order valence-electron chi connectivity index (χ1n) is 5.66. The Kier molecular flexibility index (Phi) is 6.66. The third kappa shape index (κ3) is 5.59. The maximum absolute atomic E-state index is 5.93. The smallest absolute Gasteiger partial charge is 0.0417 e. The minimum absolute atomic E-state index is 0.256. The highest BCUT2D eigenvalue weighted by molar-refractivity contribution is 7.99. The minimum atomic E-state index is 0.256. The number of hydrogen-bond acceptors (Lipinski definition) is 3. The second-order valence-electron chi connectivity index (χ2n) is 3.94. The number of thioether (sulfide) groups is 1. The van der Waals surface area contributed by atoms with E-state index in [0.717, 1.165) is 23.6 Å². The van der Waals surface area contributed by atoms with Crippen molar-refractivity contribution in [2.24, 2.45) is 5.84 Å². The second-order valence-corrected chi connectivity index (χ2v) is 5.47. The van der Waals surface area contributed by atoms with E-state index >= 15 is 0 Å². The number of benzene rings is 1. The summed E-state index contributed by atoms with van der Waals surface area (Å²) >= 11 is 7.68. The second kappa shape index (κ2) is 7.77. The first-order chi connectivity index (χ1) is 8.15. The third-order valence-electron chi connectivity index (χ3n) is 2.52. The van der Waals surface area contributed by atoms with Gasteiger partial charge >= 0.3 is 0 Å². The van der Waals surface area contributed by atoms with Gasteiger partial charge in [0, 0.05) is 21.7 Å². The number of hydrogen-bond donors (Lipinski definition) is 2. The molecule has 0 aliphatic rings. The van der Waals surface area contributed by atoms with Gasteiger partial charge in [-0.2, -0.15) is 0 Å². The van der Waals surface area contributed by atoms with Crippen LogP contribution in [0.25, 0.3) is 0 Å². The van der Waals surface area contributed by atoms with Crippen molar-refractivity contribution in [3.05, 3.63) is 41.4 Å². The van der Waals surface area contributed by atoms with E-state index in [-0.39, 0.29) is 6.04 Å². The standard InChI is InChI=1S/C13H19ClN2S/c1-3-10(2)7-12(16-15)9-17-13-6-4-5-11(14)8-13/h4-6,8,12,16H,2-3,7,9,15H2,1H3. The monoisotopic (exact) mass is 270 g/mol. The lowest BCUT2D eigenvalue weighted by molar-refractivity contribution is 0.568. The molecule has 1 atom stereocenters. The largest absolute Gasteiger partial charge is 0.271 e. The Bertz CT molecular complexity index is 368. The van der Waals surface area contributed by atoms with Crippen LogP contribution in [0, 0.1) is 0 Å². The molecular weight excluding hydrogens is 252 g/mol. The molecule has 0 saturated carbocycles. The summed E-state index contributed by atoms with van der Waals surface area (Å²) in [6, 6.07) is 8.11. The predicted molar refractivity (Wildman–Crippen MR) is 77.3 cm³/mol. The SMILES string of the molecule is C=C(CC)CC(CSc1cccc(Cl)c1)NN. The number of nitrogens with one attached hydrogen (secondary N) is 1. The molecule has 0 fully saturated rings. The lowest BCUT2D eigenvalue weighted by atomic mass is 10.1. The molecule has 3 N–H and O–H groups in total. The van der Waals surface area contributed by atoms with Gasteiger partial charge in [-0.25, -0.2) is 0 Å². The lowest BCUT2D eigenvalue weighted by Crippen LogP contribution is -2.37. The van der Waals surface area contributed by atoms with Gasteiger partial charge in [-0.15, -0.1) is 11.8 Å². The quantitative estimate of drug-likeness (QED) is 0.344. The van der Waals surface area contributed by atoms with Crippen molar-refractivity contribution in [1.82, 2.24) is 5.43 Å².